The molecule has 0 aliphatic carbocycles. The minimum absolute atomic E-state index is 0.264. The van der Waals surface area contributed by atoms with Crippen molar-refractivity contribution >= 4 is 11.8 Å². The zero-order valence-electron chi connectivity index (χ0n) is 8.90. The molecule has 3 heterocycles. The summed E-state index contributed by atoms with van der Waals surface area (Å²) < 4.78 is 1.57. The van der Waals surface area contributed by atoms with Crippen LogP contribution in [0.2, 0.25) is 0 Å². The van der Waals surface area contributed by atoms with E-state index in [4.69, 9.17) is 11.0 Å². The highest BCUT2D eigenvalue weighted by Gasteiger charge is 2.23. The van der Waals surface area contributed by atoms with Crippen molar-refractivity contribution in [2.45, 2.75) is 5.16 Å². The maximum atomic E-state index is 8.88. The molecule has 3 rings (SSSR count). The first-order chi connectivity index (χ1) is 8.79. The number of hydrogen-bond acceptors (Lipinski definition) is 8. The van der Waals surface area contributed by atoms with E-state index in [0.717, 1.165) is 11.8 Å². The molecular formula is C9H6N8S. The van der Waals surface area contributed by atoms with Crippen LogP contribution in [0.15, 0.2) is 34.5 Å². The third-order valence-corrected chi connectivity index (χ3v) is 3.16. The molecule has 0 atom stereocenters. The summed E-state index contributed by atoms with van der Waals surface area (Å²) in [5.74, 6) is 0.755. The van der Waals surface area contributed by atoms with Gasteiger partial charge >= 0.3 is 0 Å². The molecule has 0 saturated heterocycles. The topological polar surface area (TPSA) is 118 Å². The summed E-state index contributed by atoms with van der Waals surface area (Å²) in [5.41, 5.74) is 9.14. The van der Waals surface area contributed by atoms with Crippen molar-refractivity contribution in [3.05, 3.63) is 29.3 Å². The minimum Gasteiger partial charge on any atom is -0.383 e. The van der Waals surface area contributed by atoms with Crippen molar-refractivity contribution < 1.29 is 0 Å². The fourth-order valence-corrected chi connectivity index (χ4v) is 2.11. The molecule has 0 radical (unpaired) electrons. The second-order valence-corrected chi connectivity index (χ2v) is 4.28. The minimum atomic E-state index is 0.264. The van der Waals surface area contributed by atoms with Crippen LogP contribution in [0.25, 0.3) is 11.5 Å². The molecule has 0 amide bonds. The maximum absolute atomic E-state index is 8.88. The van der Waals surface area contributed by atoms with E-state index in [9.17, 15) is 0 Å². The predicted molar refractivity (Wildman–Crippen MR) is 63.1 cm³/mol. The van der Waals surface area contributed by atoms with Gasteiger partial charge < -0.3 is 5.73 Å². The number of thioether (sulfide) groups is 1. The fourth-order valence-electron chi connectivity index (χ4n) is 1.42. The van der Waals surface area contributed by atoms with Crippen LogP contribution < -0.4 is 11.2 Å². The molecule has 0 saturated carbocycles. The lowest BCUT2D eigenvalue weighted by molar-refractivity contribution is 0.790. The number of nitrogens with two attached hydrogens (primary N) is 1. The van der Waals surface area contributed by atoms with Gasteiger partial charge in [-0.05, 0) is 11.8 Å². The normalized spacial score (nSPS) is 13.7. The van der Waals surface area contributed by atoms with Crippen LogP contribution in [0.1, 0.15) is 0 Å². The smallest absolute Gasteiger partial charge is 0.216 e. The van der Waals surface area contributed by atoms with E-state index < -0.39 is 0 Å². The van der Waals surface area contributed by atoms with Gasteiger partial charge in [-0.2, -0.15) is 5.26 Å². The van der Waals surface area contributed by atoms with Gasteiger partial charge in [0.2, 0.25) is 11.0 Å². The zero-order valence-corrected chi connectivity index (χ0v) is 9.72. The average Bonchev–Trinajstić information content (AvgIpc) is 2.81. The molecule has 0 unspecified atom stereocenters. The van der Waals surface area contributed by atoms with Crippen molar-refractivity contribution in [3.63, 3.8) is 0 Å². The van der Waals surface area contributed by atoms with Gasteiger partial charge in [0.15, 0.2) is 0 Å². The third kappa shape index (κ3) is 1.56. The van der Waals surface area contributed by atoms with E-state index in [1.54, 1.807) is 23.3 Å². The van der Waals surface area contributed by atoms with Crippen LogP contribution >= 0.6 is 11.8 Å². The molecule has 0 bridgehead atoms. The first-order valence-corrected chi connectivity index (χ1v) is 5.68. The number of aromatic nitrogens is 5. The lowest BCUT2D eigenvalue weighted by Gasteiger charge is -2.17. The lowest BCUT2D eigenvalue weighted by Crippen LogP contribution is -2.26. The number of allylic oxidation sites excluding steroid dienone is 1. The van der Waals surface area contributed by atoms with E-state index in [0.29, 0.717) is 21.6 Å². The Morgan fingerprint density at radius 1 is 1.39 bits per heavy atom. The molecule has 9 heteroatoms. The Balaban J connectivity index is 2.07. The monoisotopic (exact) mass is 258 g/mol. The average molecular weight is 258 g/mol. The second-order valence-electron chi connectivity index (χ2n) is 3.30. The van der Waals surface area contributed by atoms with Crippen LogP contribution in [-0.4, -0.2) is 24.8 Å². The molecule has 0 spiro atoms. The summed E-state index contributed by atoms with van der Waals surface area (Å²) in [4.78, 5) is 8.46. The third-order valence-electron chi connectivity index (χ3n) is 2.20. The largest absolute Gasteiger partial charge is 0.383 e. The van der Waals surface area contributed by atoms with Crippen molar-refractivity contribution in [2.24, 2.45) is 5.73 Å². The van der Waals surface area contributed by atoms with Crippen LogP contribution in [0.3, 0.4) is 0 Å². The van der Waals surface area contributed by atoms with Crippen LogP contribution in [0.5, 0.6) is 0 Å². The number of hydrogen-bond donors (Lipinski definition) is 2. The number of nitrogens with one attached hydrogen (secondary N) is 1. The molecule has 0 fully saturated rings. The van der Waals surface area contributed by atoms with Gasteiger partial charge in [-0.3, -0.25) is 10.4 Å². The molecular weight excluding hydrogens is 252 g/mol. The van der Waals surface area contributed by atoms with Crippen LogP contribution in [0, 0.1) is 11.3 Å². The van der Waals surface area contributed by atoms with E-state index in [2.05, 4.69) is 25.6 Å². The summed E-state index contributed by atoms with van der Waals surface area (Å²) in [6, 6.07) is 1.99. The highest BCUT2D eigenvalue weighted by atomic mass is 32.2. The van der Waals surface area contributed by atoms with Crippen molar-refractivity contribution in [3.8, 4) is 17.6 Å². The Kier molecular flexibility index (Phi) is 2.35. The first kappa shape index (κ1) is 10.5. The molecule has 18 heavy (non-hydrogen) atoms. The van der Waals surface area contributed by atoms with Crippen molar-refractivity contribution in [1.82, 2.24) is 24.8 Å². The highest BCUT2D eigenvalue weighted by Crippen LogP contribution is 2.31. The molecule has 1 aliphatic rings. The maximum Gasteiger partial charge on any atom is 0.216 e. The number of rotatable bonds is 1. The standard InChI is InChI=1S/C9H6N8S/c10-3-6-7(11)16-17-8(14-15-9(17)18-6)5-4-12-1-2-13-5/h1-2,4,16H,11H2. The first-order valence-electron chi connectivity index (χ1n) is 4.86. The quantitative estimate of drug-likeness (QED) is 0.735. The van der Waals surface area contributed by atoms with E-state index >= 15 is 0 Å². The Hall–Kier alpha value is -2.60. The number of nitrogens with zero attached hydrogens (tertiary/aromatic N) is 6. The lowest BCUT2D eigenvalue weighted by atomic mass is 10.4. The molecule has 88 valence electrons. The Morgan fingerprint density at radius 2 is 2.28 bits per heavy atom. The van der Waals surface area contributed by atoms with Crippen LogP contribution in [-0.2, 0) is 0 Å². The highest BCUT2D eigenvalue weighted by molar-refractivity contribution is 8.03. The van der Waals surface area contributed by atoms with Gasteiger partial charge in [0.1, 0.15) is 22.5 Å². The molecule has 2 aromatic rings. The second kappa shape index (κ2) is 4.01. The molecule has 3 N–H and O–H groups in total. The van der Waals surface area contributed by atoms with Gasteiger partial charge in [-0.1, -0.05) is 0 Å². The SMILES string of the molecule is N#CC1=C(N)Nn2c(nnc2-c2cnccn2)S1. The Morgan fingerprint density at radius 3 is 3.00 bits per heavy atom. The van der Waals surface area contributed by atoms with Gasteiger partial charge in [0.05, 0.1) is 6.20 Å². The Labute approximate surface area is 106 Å². The zero-order chi connectivity index (χ0) is 12.5. The number of nitriles is 1. The fraction of sp³-hybridized carbons (Fsp3) is 0. The summed E-state index contributed by atoms with van der Waals surface area (Å²) in [6.45, 7) is 0. The van der Waals surface area contributed by atoms with Gasteiger partial charge in [0, 0.05) is 12.4 Å². The van der Waals surface area contributed by atoms with Crippen molar-refractivity contribution in [2.75, 3.05) is 5.43 Å². The van der Waals surface area contributed by atoms with Crippen LogP contribution in [0.4, 0.5) is 0 Å². The molecule has 8 nitrogen and oxygen atoms in total. The van der Waals surface area contributed by atoms with E-state index in [1.165, 1.54) is 0 Å². The van der Waals surface area contributed by atoms with E-state index in [1.807, 2.05) is 6.07 Å². The summed E-state index contributed by atoms with van der Waals surface area (Å²) in [7, 11) is 0. The molecule has 1 aliphatic heterocycles. The van der Waals surface area contributed by atoms with E-state index in [-0.39, 0.29) is 5.82 Å². The van der Waals surface area contributed by atoms with Crippen molar-refractivity contribution in [1.29, 1.82) is 5.26 Å². The number of fused-ring (bicyclic) bond motifs is 1. The van der Waals surface area contributed by atoms with Gasteiger partial charge in [0.25, 0.3) is 0 Å². The molecule has 2 aromatic heterocycles. The molecule has 0 aromatic carbocycles. The Bertz CT molecular complexity index is 668. The summed E-state index contributed by atoms with van der Waals surface area (Å²) in [5, 5.41) is 17.4. The van der Waals surface area contributed by atoms with Gasteiger partial charge in [-0.25, -0.2) is 9.66 Å². The predicted octanol–water partition coefficient (Wildman–Crippen LogP) is 0.0357. The summed E-state index contributed by atoms with van der Waals surface area (Å²) >= 11 is 1.15. The van der Waals surface area contributed by atoms with Gasteiger partial charge in [-0.15, -0.1) is 10.2 Å². The summed E-state index contributed by atoms with van der Waals surface area (Å²) in [6.07, 6.45) is 4.71.